The fourth-order valence-electron chi connectivity index (χ4n) is 0.453. The first kappa shape index (κ1) is 10.2. The van der Waals surface area contributed by atoms with Crippen LogP contribution in [0.2, 0.25) is 0 Å². The molecule has 0 amide bonds. The molecule has 0 unspecified atom stereocenters. The van der Waals surface area contributed by atoms with E-state index in [1.807, 2.05) is 0 Å². The van der Waals surface area contributed by atoms with Gasteiger partial charge in [-0.05, 0) is 6.42 Å². The van der Waals surface area contributed by atoms with E-state index >= 15 is 0 Å². The number of hydrogen-bond acceptors (Lipinski definition) is 1. The molecule has 0 aliphatic heterocycles. The Morgan fingerprint density at radius 2 is 1.73 bits per heavy atom. The van der Waals surface area contributed by atoms with E-state index in [1.54, 1.807) is 0 Å². The molecular weight excluding hydrogens is 155 g/mol. The topological polar surface area (TPSA) is 26.0 Å². The van der Waals surface area contributed by atoms with Gasteiger partial charge >= 0.3 is 6.05 Å². The predicted molar refractivity (Wildman–Crippen MR) is 37.8 cm³/mol. The molecule has 0 heterocycles. The zero-order valence-corrected chi connectivity index (χ0v) is 6.04. The standard InChI is InChI=1S/C7H10F3N/c1-5(7(9,10)11)3-4-6(2)8/h1-4,11H2. The van der Waals surface area contributed by atoms with E-state index in [2.05, 4.69) is 18.9 Å². The van der Waals surface area contributed by atoms with Crippen molar-refractivity contribution < 1.29 is 13.2 Å². The zero-order chi connectivity index (χ0) is 9.07. The molecular formula is C7H10F3N. The van der Waals surface area contributed by atoms with Crippen LogP contribution in [0.15, 0.2) is 24.6 Å². The van der Waals surface area contributed by atoms with E-state index in [1.165, 1.54) is 0 Å². The van der Waals surface area contributed by atoms with E-state index in [4.69, 9.17) is 0 Å². The van der Waals surface area contributed by atoms with Crippen molar-refractivity contribution in [2.45, 2.75) is 18.9 Å². The largest absolute Gasteiger partial charge is 0.322 e. The summed E-state index contributed by atoms with van der Waals surface area (Å²) >= 11 is 0. The van der Waals surface area contributed by atoms with Gasteiger partial charge in [-0.3, -0.25) is 5.73 Å². The van der Waals surface area contributed by atoms with Crippen LogP contribution in [-0.2, 0) is 0 Å². The summed E-state index contributed by atoms with van der Waals surface area (Å²) < 4.78 is 36.1. The second-order valence-corrected chi connectivity index (χ2v) is 2.24. The van der Waals surface area contributed by atoms with E-state index in [9.17, 15) is 13.2 Å². The monoisotopic (exact) mass is 165 g/mol. The Bertz CT molecular complexity index is 169. The normalized spacial score (nSPS) is 11.3. The first-order valence-electron chi connectivity index (χ1n) is 3.02. The van der Waals surface area contributed by atoms with Crippen LogP contribution >= 0.6 is 0 Å². The molecule has 0 aromatic heterocycles. The van der Waals surface area contributed by atoms with Crippen molar-refractivity contribution in [2.24, 2.45) is 5.73 Å². The Balaban J connectivity index is 3.80. The first-order chi connectivity index (χ1) is 4.84. The SMILES string of the molecule is C=C(F)CCC(=C)C(N)(F)F. The van der Waals surface area contributed by atoms with Crippen LogP contribution < -0.4 is 5.73 Å². The van der Waals surface area contributed by atoms with Crippen LogP contribution in [-0.4, -0.2) is 6.05 Å². The van der Waals surface area contributed by atoms with E-state index in [0.29, 0.717) is 0 Å². The van der Waals surface area contributed by atoms with Crippen LogP contribution in [0.4, 0.5) is 13.2 Å². The van der Waals surface area contributed by atoms with Gasteiger partial charge in [0.2, 0.25) is 0 Å². The number of hydrogen-bond donors (Lipinski definition) is 1. The number of nitrogens with two attached hydrogens (primary N) is 1. The van der Waals surface area contributed by atoms with Crippen molar-refractivity contribution in [2.75, 3.05) is 0 Å². The quantitative estimate of drug-likeness (QED) is 0.502. The van der Waals surface area contributed by atoms with Crippen LogP contribution in [0.25, 0.3) is 0 Å². The smallest absolute Gasteiger partial charge is 0.268 e. The fraction of sp³-hybridized carbons (Fsp3) is 0.429. The summed E-state index contributed by atoms with van der Waals surface area (Å²) in [6, 6.07) is -3.41. The third-order valence-corrected chi connectivity index (χ3v) is 1.17. The molecule has 0 fully saturated rings. The van der Waals surface area contributed by atoms with Crippen molar-refractivity contribution in [3.8, 4) is 0 Å². The second kappa shape index (κ2) is 3.57. The number of halogens is 3. The molecule has 0 saturated heterocycles. The number of allylic oxidation sites excluding steroid dienone is 1. The molecule has 2 N–H and O–H groups in total. The van der Waals surface area contributed by atoms with Crippen LogP contribution in [0, 0.1) is 0 Å². The lowest BCUT2D eigenvalue weighted by Gasteiger charge is -2.11. The zero-order valence-electron chi connectivity index (χ0n) is 6.04. The summed E-state index contributed by atoms with van der Waals surface area (Å²) in [7, 11) is 0. The molecule has 0 atom stereocenters. The fourth-order valence-corrected chi connectivity index (χ4v) is 0.453. The van der Waals surface area contributed by atoms with Crippen molar-refractivity contribution >= 4 is 0 Å². The van der Waals surface area contributed by atoms with Gasteiger partial charge in [0, 0.05) is 12.0 Å². The van der Waals surface area contributed by atoms with Gasteiger partial charge in [-0.15, -0.1) is 0 Å². The van der Waals surface area contributed by atoms with E-state index in [0.717, 1.165) is 0 Å². The molecule has 0 saturated carbocycles. The lowest BCUT2D eigenvalue weighted by molar-refractivity contribution is 0.0460. The molecule has 4 heteroatoms. The maximum atomic E-state index is 12.1. The summed E-state index contributed by atoms with van der Waals surface area (Å²) in [5.41, 5.74) is 3.90. The molecule has 11 heavy (non-hydrogen) atoms. The highest BCUT2D eigenvalue weighted by atomic mass is 19.3. The van der Waals surface area contributed by atoms with Gasteiger partial charge in [0.15, 0.2) is 0 Å². The third kappa shape index (κ3) is 4.61. The second-order valence-electron chi connectivity index (χ2n) is 2.24. The molecule has 0 aliphatic carbocycles. The van der Waals surface area contributed by atoms with E-state index in [-0.39, 0.29) is 12.8 Å². The van der Waals surface area contributed by atoms with Gasteiger partial charge in [-0.25, -0.2) is 4.39 Å². The minimum absolute atomic E-state index is 0.147. The number of alkyl halides is 2. The highest BCUT2D eigenvalue weighted by Gasteiger charge is 2.25. The summed E-state index contributed by atoms with van der Waals surface area (Å²) in [4.78, 5) is 0. The van der Waals surface area contributed by atoms with Crippen LogP contribution in [0.5, 0.6) is 0 Å². The number of rotatable bonds is 4. The Morgan fingerprint density at radius 3 is 2.00 bits per heavy atom. The van der Waals surface area contributed by atoms with Crippen LogP contribution in [0.3, 0.4) is 0 Å². The third-order valence-electron chi connectivity index (χ3n) is 1.17. The summed E-state index contributed by atoms with van der Waals surface area (Å²) in [5, 5.41) is 0. The van der Waals surface area contributed by atoms with Gasteiger partial charge in [-0.1, -0.05) is 13.2 Å². The summed E-state index contributed by atoms with van der Waals surface area (Å²) in [6.07, 6.45) is -0.315. The summed E-state index contributed by atoms with van der Waals surface area (Å²) in [5.74, 6) is -0.643. The van der Waals surface area contributed by atoms with Gasteiger partial charge < -0.3 is 0 Å². The Labute approximate surface area is 63.4 Å². The van der Waals surface area contributed by atoms with Crippen molar-refractivity contribution in [1.82, 2.24) is 0 Å². The maximum Gasteiger partial charge on any atom is 0.322 e. The molecule has 1 nitrogen and oxygen atoms in total. The van der Waals surface area contributed by atoms with Gasteiger partial charge in [0.1, 0.15) is 0 Å². The summed E-state index contributed by atoms with van der Waals surface area (Å²) in [6.45, 7) is 5.93. The molecule has 0 aliphatic rings. The average Bonchev–Trinajstić information content (AvgIpc) is 1.80. The molecule has 0 aromatic rings. The average molecular weight is 165 g/mol. The predicted octanol–water partition coefficient (Wildman–Crippen LogP) is 2.36. The first-order valence-corrected chi connectivity index (χ1v) is 3.02. The molecule has 0 radical (unpaired) electrons. The Kier molecular flexibility index (Phi) is 3.32. The van der Waals surface area contributed by atoms with Gasteiger partial charge in [0.05, 0.1) is 5.83 Å². The Hall–Kier alpha value is -0.770. The van der Waals surface area contributed by atoms with Gasteiger partial charge in [-0.2, -0.15) is 8.78 Å². The molecule has 64 valence electrons. The minimum atomic E-state index is -3.41. The van der Waals surface area contributed by atoms with Crippen LogP contribution in [0.1, 0.15) is 12.8 Å². The lowest BCUT2D eigenvalue weighted by Crippen LogP contribution is -2.30. The lowest BCUT2D eigenvalue weighted by atomic mass is 10.1. The Morgan fingerprint density at radius 1 is 1.27 bits per heavy atom. The molecule has 0 bridgehead atoms. The molecule has 0 aromatic carbocycles. The molecule has 0 rings (SSSR count). The maximum absolute atomic E-state index is 12.1. The van der Waals surface area contributed by atoms with Crippen molar-refractivity contribution in [3.63, 3.8) is 0 Å². The molecule has 0 spiro atoms. The highest BCUT2D eigenvalue weighted by Crippen LogP contribution is 2.21. The van der Waals surface area contributed by atoms with Crippen molar-refractivity contribution in [1.29, 1.82) is 0 Å². The van der Waals surface area contributed by atoms with Crippen molar-refractivity contribution in [3.05, 3.63) is 24.6 Å². The highest BCUT2D eigenvalue weighted by molar-refractivity contribution is 5.06. The van der Waals surface area contributed by atoms with Gasteiger partial charge in [0.25, 0.3) is 0 Å². The minimum Gasteiger partial charge on any atom is -0.268 e. The van der Waals surface area contributed by atoms with E-state index < -0.39 is 17.4 Å².